The Kier molecular flexibility index (Phi) is 3.76. The lowest BCUT2D eigenvalue weighted by Crippen LogP contribution is -2.28. The van der Waals surface area contributed by atoms with Crippen LogP contribution in [0.5, 0.6) is 0 Å². The zero-order valence-corrected chi connectivity index (χ0v) is 10.3. The summed E-state index contributed by atoms with van der Waals surface area (Å²) in [5, 5.41) is 0. The second-order valence-electron chi connectivity index (χ2n) is 4.33. The predicted molar refractivity (Wildman–Crippen MR) is 54.9 cm³/mol. The molecule has 0 radical (unpaired) electrons. The van der Waals surface area contributed by atoms with Crippen LogP contribution in [0.1, 0.15) is 20.8 Å². The molecule has 1 saturated heterocycles. The molecule has 0 aliphatic carbocycles. The molecule has 2 atom stereocenters. The van der Waals surface area contributed by atoms with Gasteiger partial charge in [0.2, 0.25) is 0 Å². The fourth-order valence-corrected chi connectivity index (χ4v) is 1.80. The Morgan fingerprint density at radius 3 is 2.53 bits per heavy atom. The lowest BCUT2D eigenvalue weighted by molar-refractivity contribution is -0.144. The molecule has 1 aliphatic heterocycles. The van der Waals surface area contributed by atoms with Gasteiger partial charge in [-0.15, -0.1) is 0 Å². The van der Waals surface area contributed by atoms with Crippen LogP contribution < -0.4 is 0 Å². The quantitative estimate of drug-likeness (QED) is 0.676. The summed E-state index contributed by atoms with van der Waals surface area (Å²) in [6.07, 6.45) is 0.928. The topological polar surface area (TPSA) is 61.8 Å². The van der Waals surface area contributed by atoms with Gasteiger partial charge in [0.25, 0.3) is 10.1 Å². The van der Waals surface area contributed by atoms with Gasteiger partial charge >= 0.3 is 0 Å². The fourth-order valence-electron chi connectivity index (χ4n) is 1.33. The van der Waals surface area contributed by atoms with Crippen molar-refractivity contribution < 1.29 is 22.1 Å². The van der Waals surface area contributed by atoms with Gasteiger partial charge in [0, 0.05) is 5.92 Å². The van der Waals surface area contributed by atoms with Crippen LogP contribution in [0, 0.1) is 5.92 Å². The molecule has 0 aromatic carbocycles. The minimum Gasteiger partial charge on any atom is -0.348 e. The summed E-state index contributed by atoms with van der Waals surface area (Å²) >= 11 is 0. The lowest BCUT2D eigenvalue weighted by atomic mass is 10.1. The highest BCUT2D eigenvalue weighted by atomic mass is 32.2. The van der Waals surface area contributed by atoms with Crippen molar-refractivity contribution in [3.05, 3.63) is 0 Å². The maximum absolute atomic E-state index is 10.8. The van der Waals surface area contributed by atoms with E-state index in [1.54, 1.807) is 0 Å². The minimum atomic E-state index is -3.37. The van der Waals surface area contributed by atoms with Gasteiger partial charge in [0.15, 0.2) is 5.79 Å². The molecule has 0 bridgehead atoms. The highest BCUT2D eigenvalue weighted by Crippen LogP contribution is 2.26. The molecule has 0 aromatic rings. The predicted octanol–water partition coefficient (Wildman–Crippen LogP) is 0.750. The van der Waals surface area contributed by atoms with E-state index in [1.807, 2.05) is 20.8 Å². The molecule has 5 nitrogen and oxygen atoms in total. The monoisotopic (exact) mass is 238 g/mol. The smallest absolute Gasteiger partial charge is 0.264 e. The third-order valence-corrected chi connectivity index (χ3v) is 2.77. The summed E-state index contributed by atoms with van der Waals surface area (Å²) in [5.74, 6) is -0.592. The highest BCUT2D eigenvalue weighted by molar-refractivity contribution is 7.85. The van der Waals surface area contributed by atoms with Crippen LogP contribution in [0.3, 0.4) is 0 Å². The van der Waals surface area contributed by atoms with Gasteiger partial charge in [0.1, 0.15) is 0 Å². The van der Waals surface area contributed by atoms with E-state index in [0.29, 0.717) is 6.61 Å². The Bertz CT molecular complexity index is 308. The molecule has 0 saturated carbocycles. The van der Waals surface area contributed by atoms with Crippen LogP contribution in [-0.2, 0) is 23.8 Å². The van der Waals surface area contributed by atoms with E-state index in [-0.39, 0.29) is 18.6 Å². The van der Waals surface area contributed by atoms with Gasteiger partial charge in [0.05, 0.1) is 25.6 Å². The molecular weight excluding hydrogens is 220 g/mol. The van der Waals surface area contributed by atoms with E-state index in [4.69, 9.17) is 13.7 Å². The average molecular weight is 238 g/mol. The van der Waals surface area contributed by atoms with Crippen LogP contribution in [0.4, 0.5) is 0 Å². The summed E-state index contributed by atoms with van der Waals surface area (Å²) in [4.78, 5) is 0. The number of hydrogen-bond donors (Lipinski definition) is 0. The molecule has 0 amide bonds. The largest absolute Gasteiger partial charge is 0.348 e. The van der Waals surface area contributed by atoms with Crippen molar-refractivity contribution in [3.63, 3.8) is 0 Å². The third kappa shape index (κ3) is 4.46. The van der Waals surface area contributed by atoms with Gasteiger partial charge in [-0.2, -0.15) is 8.42 Å². The normalized spacial score (nSPS) is 27.9. The second kappa shape index (κ2) is 4.37. The first kappa shape index (κ1) is 12.9. The van der Waals surface area contributed by atoms with Crippen LogP contribution in [0.25, 0.3) is 0 Å². The first-order chi connectivity index (χ1) is 6.70. The van der Waals surface area contributed by atoms with Gasteiger partial charge in [-0.05, 0) is 13.8 Å². The fraction of sp³-hybridized carbons (Fsp3) is 1.00. The van der Waals surface area contributed by atoms with Crippen molar-refractivity contribution in [2.45, 2.75) is 32.7 Å². The molecule has 6 heteroatoms. The van der Waals surface area contributed by atoms with Crippen molar-refractivity contribution in [1.82, 2.24) is 0 Å². The van der Waals surface area contributed by atoms with Crippen molar-refractivity contribution in [3.8, 4) is 0 Å². The van der Waals surface area contributed by atoms with E-state index in [2.05, 4.69) is 0 Å². The zero-order valence-electron chi connectivity index (χ0n) is 9.52. The van der Waals surface area contributed by atoms with Crippen molar-refractivity contribution in [1.29, 1.82) is 0 Å². The molecule has 1 heterocycles. The lowest BCUT2D eigenvalue weighted by Gasteiger charge is -2.20. The SMILES string of the molecule is CC(COS(C)(=O)=O)C1COC(C)(C)O1. The van der Waals surface area contributed by atoms with Gasteiger partial charge < -0.3 is 9.47 Å². The Morgan fingerprint density at radius 1 is 1.53 bits per heavy atom. The van der Waals surface area contributed by atoms with Crippen LogP contribution in [-0.4, -0.2) is 39.8 Å². The maximum Gasteiger partial charge on any atom is 0.264 e. The van der Waals surface area contributed by atoms with Crippen molar-refractivity contribution in [2.24, 2.45) is 5.92 Å². The van der Waals surface area contributed by atoms with E-state index < -0.39 is 15.9 Å². The van der Waals surface area contributed by atoms with E-state index in [1.165, 1.54) is 0 Å². The first-order valence-corrected chi connectivity index (χ1v) is 6.67. The van der Waals surface area contributed by atoms with Gasteiger partial charge in [-0.1, -0.05) is 6.92 Å². The molecule has 1 fully saturated rings. The zero-order chi connectivity index (χ0) is 11.7. The van der Waals surface area contributed by atoms with E-state index in [9.17, 15) is 8.42 Å². The average Bonchev–Trinajstić information content (AvgIpc) is 2.40. The molecule has 90 valence electrons. The summed E-state index contributed by atoms with van der Waals surface area (Å²) in [6, 6.07) is 0. The summed E-state index contributed by atoms with van der Waals surface area (Å²) in [7, 11) is -3.37. The number of rotatable bonds is 4. The molecule has 0 aromatic heterocycles. The van der Waals surface area contributed by atoms with Crippen LogP contribution in [0.2, 0.25) is 0 Å². The molecular formula is C9H18O5S. The van der Waals surface area contributed by atoms with Crippen molar-refractivity contribution >= 4 is 10.1 Å². The van der Waals surface area contributed by atoms with Crippen LogP contribution >= 0.6 is 0 Å². The highest BCUT2D eigenvalue weighted by Gasteiger charge is 2.35. The van der Waals surface area contributed by atoms with Gasteiger partial charge in [-0.25, -0.2) is 0 Å². The second-order valence-corrected chi connectivity index (χ2v) is 5.98. The van der Waals surface area contributed by atoms with Gasteiger partial charge in [-0.3, -0.25) is 4.18 Å². The number of hydrogen-bond acceptors (Lipinski definition) is 5. The molecule has 1 rings (SSSR count). The summed E-state index contributed by atoms with van der Waals surface area (Å²) in [5.41, 5.74) is 0. The van der Waals surface area contributed by atoms with Crippen LogP contribution in [0.15, 0.2) is 0 Å². The maximum atomic E-state index is 10.8. The minimum absolute atomic E-state index is 0.0125. The molecule has 1 aliphatic rings. The van der Waals surface area contributed by atoms with E-state index in [0.717, 1.165) is 6.26 Å². The van der Waals surface area contributed by atoms with Crippen molar-refractivity contribution in [2.75, 3.05) is 19.5 Å². The Labute approximate surface area is 90.8 Å². The Morgan fingerprint density at radius 2 is 2.13 bits per heavy atom. The molecule has 0 N–H and O–H groups in total. The van der Waals surface area contributed by atoms with E-state index >= 15 is 0 Å². The molecule has 15 heavy (non-hydrogen) atoms. The Hall–Kier alpha value is -0.170. The molecule has 2 unspecified atom stereocenters. The summed E-state index contributed by atoms with van der Waals surface area (Å²) in [6.45, 7) is 6.14. The summed E-state index contributed by atoms with van der Waals surface area (Å²) < 4.78 is 37.2. The molecule has 0 spiro atoms. The third-order valence-electron chi connectivity index (χ3n) is 2.21. The number of ether oxygens (including phenoxy) is 2. The Balaban J connectivity index is 2.39. The standard InChI is InChI=1S/C9H18O5S/c1-7(5-13-15(4,10)11)8-6-12-9(2,3)14-8/h7-8H,5-6H2,1-4H3. The first-order valence-electron chi connectivity index (χ1n) is 4.86.